The molecule has 0 bridgehead atoms. The Morgan fingerprint density at radius 2 is 1.70 bits per heavy atom. The zero-order valence-electron chi connectivity index (χ0n) is 18.0. The molecule has 3 aromatic carbocycles. The number of benzene rings is 3. The van der Waals surface area contributed by atoms with Gasteiger partial charge in [0.2, 0.25) is 11.8 Å². The van der Waals surface area contributed by atoms with Crippen molar-refractivity contribution in [2.24, 2.45) is 5.10 Å². The first-order chi connectivity index (χ1) is 15.9. The predicted octanol–water partition coefficient (Wildman–Crippen LogP) is 5.75. The van der Waals surface area contributed by atoms with Crippen LogP contribution in [0.5, 0.6) is 5.75 Å². The molecule has 2 N–H and O–H groups in total. The fraction of sp³-hybridized carbons (Fsp3) is 0.160. The molecular formula is C25H23Cl2N3O3. The number of carbonyl (C=O) groups excluding carboxylic acids is 2. The van der Waals surface area contributed by atoms with Gasteiger partial charge in [0.05, 0.1) is 6.21 Å². The number of hydrogen-bond acceptors (Lipinski definition) is 4. The molecule has 0 aromatic heterocycles. The van der Waals surface area contributed by atoms with Crippen LogP contribution in [-0.2, 0) is 16.2 Å². The van der Waals surface area contributed by atoms with Crippen LogP contribution in [-0.4, -0.2) is 18.0 Å². The number of nitrogens with one attached hydrogen (secondary N) is 2. The highest BCUT2D eigenvalue weighted by Gasteiger charge is 2.08. The van der Waals surface area contributed by atoms with Crippen molar-refractivity contribution < 1.29 is 14.3 Å². The fourth-order valence-electron chi connectivity index (χ4n) is 2.84. The third-order valence-corrected chi connectivity index (χ3v) is 5.22. The van der Waals surface area contributed by atoms with E-state index in [0.717, 1.165) is 11.1 Å². The van der Waals surface area contributed by atoms with E-state index in [4.69, 9.17) is 27.9 Å². The van der Waals surface area contributed by atoms with Crippen LogP contribution in [0.25, 0.3) is 0 Å². The summed E-state index contributed by atoms with van der Waals surface area (Å²) in [7, 11) is 0. The van der Waals surface area contributed by atoms with E-state index in [1.807, 2.05) is 49.4 Å². The summed E-state index contributed by atoms with van der Waals surface area (Å²) in [6.07, 6.45) is 1.48. The summed E-state index contributed by atoms with van der Waals surface area (Å²) in [6.45, 7) is 2.23. The quantitative estimate of drug-likeness (QED) is 0.300. The van der Waals surface area contributed by atoms with Gasteiger partial charge in [-0.25, -0.2) is 5.43 Å². The molecule has 3 aromatic rings. The first-order valence-corrected chi connectivity index (χ1v) is 11.0. The molecule has 0 aliphatic heterocycles. The molecule has 0 heterocycles. The van der Waals surface area contributed by atoms with Crippen LogP contribution < -0.4 is 15.5 Å². The van der Waals surface area contributed by atoms with Crippen molar-refractivity contribution in [1.82, 2.24) is 5.43 Å². The first kappa shape index (κ1) is 24.3. The van der Waals surface area contributed by atoms with Gasteiger partial charge in [-0.2, -0.15) is 5.10 Å². The van der Waals surface area contributed by atoms with Gasteiger partial charge in [0, 0.05) is 39.7 Å². The van der Waals surface area contributed by atoms with E-state index in [1.54, 1.807) is 24.3 Å². The van der Waals surface area contributed by atoms with E-state index < -0.39 is 0 Å². The maximum Gasteiger partial charge on any atom is 0.240 e. The maximum atomic E-state index is 12.1. The summed E-state index contributed by atoms with van der Waals surface area (Å²) in [5, 5.41) is 7.83. The molecule has 6 nitrogen and oxygen atoms in total. The summed E-state index contributed by atoms with van der Waals surface area (Å²) in [5.41, 5.74) is 5.64. The molecule has 2 amide bonds. The molecule has 8 heteroatoms. The van der Waals surface area contributed by atoms with Gasteiger partial charge in [0.25, 0.3) is 0 Å². The Morgan fingerprint density at radius 3 is 2.45 bits per heavy atom. The number of anilines is 1. The van der Waals surface area contributed by atoms with Crippen LogP contribution in [0.3, 0.4) is 0 Å². The molecule has 3 rings (SSSR count). The smallest absolute Gasteiger partial charge is 0.240 e. The SMILES string of the molecule is Cc1ccc(NC(=O)CCC(=O)NN=Cc2cc(Cl)ccc2OCc2ccccc2Cl)cc1. The van der Waals surface area contributed by atoms with Crippen molar-refractivity contribution in [2.45, 2.75) is 26.4 Å². The Morgan fingerprint density at radius 1 is 0.970 bits per heavy atom. The summed E-state index contributed by atoms with van der Waals surface area (Å²) in [4.78, 5) is 24.1. The molecule has 170 valence electrons. The van der Waals surface area contributed by atoms with E-state index in [9.17, 15) is 9.59 Å². The fourth-order valence-corrected chi connectivity index (χ4v) is 3.21. The van der Waals surface area contributed by atoms with E-state index >= 15 is 0 Å². The van der Waals surface area contributed by atoms with Gasteiger partial charge in [0.1, 0.15) is 12.4 Å². The van der Waals surface area contributed by atoms with Crippen LogP contribution in [0.2, 0.25) is 10.0 Å². The van der Waals surface area contributed by atoms with Crippen molar-refractivity contribution >= 4 is 46.9 Å². The lowest BCUT2D eigenvalue weighted by Crippen LogP contribution is -2.20. The topological polar surface area (TPSA) is 79.8 Å². The zero-order chi connectivity index (χ0) is 23.6. The second-order valence-corrected chi connectivity index (χ2v) is 8.11. The van der Waals surface area contributed by atoms with Crippen molar-refractivity contribution in [3.63, 3.8) is 0 Å². The molecule has 0 aliphatic carbocycles. The van der Waals surface area contributed by atoms with Crippen LogP contribution in [0.4, 0.5) is 5.69 Å². The van der Waals surface area contributed by atoms with Crippen LogP contribution in [0.15, 0.2) is 71.8 Å². The molecule has 0 atom stereocenters. The van der Waals surface area contributed by atoms with E-state index in [-0.39, 0.29) is 31.3 Å². The van der Waals surface area contributed by atoms with Crippen molar-refractivity contribution in [3.05, 3.63) is 93.5 Å². The molecule has 33 heavy (non-hydrogen) atoms. The normalized spacial score (nSPS) is 10.8. The number of rotatable bonds is 9. The van der Waals surface area contributed by atoms with Gasteiger partial charge in [0.15, 0.2) is 0 Å². The summed E-state index contributed by atoms with van der Waals surface area (Å²) in [6, 6.07) is 19.9. The lowest BCUT2D eigenvalue weighted by Gasteiger charge is -2.10. The molecule has 0 fully saturated rings. The minimum Gasteiger partial charge on any atom is -0.488 e. The van der Waals surface area contributed by atoms with Gasteiger partial charge >= 0.3 is 0 Å². The summed E-state index contributed by atoms with van der Waals surface area (Å²) in [5.74, 6) is -0.0938. The molecule has 0 spiro atoms. The van der Waals surface area contributed by atoms with Gasteiger partial charge in [-0.1, -0.05) is 59.1 Å². The highest BCUT2D eigenvalue weighted by Crippen LogP contribution is 2.24. The first-order valence-electron chi connectivity index (χ1n) is 10.2. The number of nitrogens with zero attached hydrogens (tertiary/aromatic N) is 1. The highest BCUT2D eigenvalue weighted by atomic mass is 35.5. The van der Waals surface area contributed by atoms with E-state index in [0.29, 0.717) is 27.0 Å². The minimum absolute atomic E-state index is 0.000440. The number of carbonyl (C=O) groups is 2. The highest BCUT2D eigenvalue weighted by molar-refractivity contribution is 6.31. The van der Waals surface area contributed by atoms with Gasteiger partial charge in [-0.3, -0.25) is 9.59 Å². The van der Waals surface area contributed by atoms with Crippen LogP contribution in [0.1, 0.15) is 29.5 Å². The number of hydrogen-bond donors (Lipinski definition) is 2. The van der Waals surface area contributed by atoms with Crippen molar-refractivity contribution in [2.75, 3.05) is 5.32 Å². The Hall–Kier alpha value is -3.35. The molecule has 0 aliphatic rings. The summed E-state index contributed by atoms with van der Waals surface area (Å²) >= 11 is 12.3. The Balaban J connectivity index is 1.51. The van der Waals surface area contributed by atoms with Gasteiger partial charge < -0.3 is 10.1 Å². The third kappa shape index (κ3) is 7.93. The number of amides is 2. The third-order valence-electron chi connectivity index (χ3n) is 4.62. The van der Waals surface area contributed by atoms with E-state index in [2.05, 4.69) is 15.8 Å². The number of halogens is 2. The van der Waals surface area contributed by atoms with Gasteiger partial charge in [-0.15, -0.1) is 0 Å². The standard InChI is InChI=1S/C25H23Cl2N3O3/c1-17-6-9-21(10-7-17)29-24(31)12-13-25(32)30-28-15-19-14-20(26)8-11-23(19)33-16-18-4-2-3-5-22(18)27/h2-11,14-15H,12-13,16H2,1H3,(H,29,31)(H,30,32). The molecular weight excluding hydrogens is 461 g/mol. The second-order valence-electron chi connectivity index (χ2n) is 7.27. The average Bonchev–Trinajstić information content (AvgIpc) is 2.80. The number of aryl methyl sites for hydroxylation is 1. The monoisotopic (exact) mass is 483 g/mol. The number of hydrazone groups is 1. The Labute approximate surface area is 202 Å². The molecule has 0 saturated heterocycles. The lowest BCUT2D eigenvalue weighted by molar-refractivity contribution is -0.124. The minimum atomic E-state index is -0.383. The average molecular weight is 484 g/mol. The molecule has 0 radical (unpaired) electrons. The van der Waals surface area contributed by atoms with Gasteiger partial charge in [-0.05, 0) is 43.3 Å². The zero-order valence-corrected chi connectivity index (χ0v) is 19.5. The Bertz CT molecular complexity index is 1150. The van der Waals surface area contributed by atoms with Crippen molar-refractivity contribution in [1.29, 1.82) is 0 Å². The number of ether oxygens (including phenoxy) is 1. The second kappa shape index (κ2) is 12.0. The summed E-state index contributed by atoms with van der Waals surface area (Å²) < 4.78 is 5.86. The van der Waals surface area contributed by atoms with Crippen molar-refractivity contribution in [3.8, 4) is 5.75 Å². The van der Waals surface area contributed by atoms with Crippen LogP contribution >= 0.6 is 23.2 Å². The molecule has 0 saturated carbocycles. The maximum absolute atomic E-state index is 12.1. The van der Waals surface area contributed by atoms with Crippen LogP contribution in [0, 0.1) is 6.92 Å². The predicted molar refractivity (Wildman–Crippen MR) is 132 cm³/mol. The lowest BCUT2D eigenvalue weighted by atomic mass is 10.2. The largest absolute Gasteiger partial charge is 0.488 e. The Kier molecular flexibility index (Phi) is 8.87. The van der Waals surface area contributed by atoms with E-state index in [1.165, 1.54) is 6.21 Å². The molecule has 0 unspecified atom stereocenters.